The number of hydrogen-bond acceptors (Lipinski definition) is 3. The molecule has 0 amide bonds. The molecule has 0 heterocycles. The van der Waals surface area contributed by atoms with Gasteiger partial charge >= 0.3 is 0 Å². The molecular weight excluding hydrogens is 168 g/mol. The van der Waals surface area contributed by atoms with E-state index in [0.29, 0.717) is 5.92 Å². The molecule has 2 unspecified atom stereocenters. The molecule has 1 aliphatic rings. The molecule has 0 aromatic carbocycles. The quantitative estimate of drug-likeness (QED) is 0.600. The second-order valence-electron chi connectivity index (χ2n) is 4.12. The van der Waals surface area contributed by atoms with Gasteiger partial charge < -0.3 is 15.3 Å². The lowest BCUT2D eigenvalue weighted by atomic mass is 9.73. The Morgan fingerprint density at radius 3 is 1.85 bits per heavy atom. The van der Waals surface area contributed by atoms with Crippen molar-refractivity contribution in [2.24, 2.45) is 17.8 Å². The number of aliphatic hydroxyl groups is 3. The van der Waals surface area contributed by atoms with Crippen molar-refractivity contribution in [3.05, 3.63) is 0 Å². The fourth-order valence-electron chi connectivity index (χ4n) is 2.31. The molecule has 0 saturated heterocycles. The van der Waals surface area contributed by atoms with Crippen LogP contribution in [0, 0.1) is 17.8 Å². The summed E-state index contributed by atoms with van der Waals surface area (Å²) < 4.78 is 0. The van der Waals surface area contributed by atoms with Crippen molar-refractivity contribution < 1.29 is 15.3 Å². The molecule has 13 heavy (non-hydrogen) atoms. The normalized spacial score (nSPS) is 40.6. The Balaban J connectivity index is 2.56. The maximum Gasteiger partial charge on any atom is 0.0640 e. The Labute approximate surface area is 79.4 Å². The van der Waals surface area contributed by atoms with Crippen LogP contribution in [0.3, 0.4) is 0 Å². The van der Waals surface area contributed by atoms with Crippen LogP contribution in [-0.2, 0) is 0 Å². The summed E-state index contributed by atoms with van der Waals surface area (Å²) >= 11 is 0. The summed E-state index contributed by atoms with van der Waals surface area (Å²) in [5.74, 6) is 0.490. The minimum absolute atomic E-state index is 0.0316. The third-order valence-electron chi connectivity index (χ3n) is 3.28. The molecule has 3 heteroatoms. The van der Waals surface area contributed by atoms with Crippen LogP contribution in [-0.4, -0.2) is 34.6 Å². The number of aliphatic hydroxyl groups excluding tert-OH is 3. The van der Waals surface area contributed by atoms with E-state index in [4.69, 9.17) is 10.2 Å². The molecule has 0 aliphatic heterocycles. The van der Waals surface area contributed by atoms with E-state index >= 15 is 0 Å². The van der Waals surface area contributed by atoms with Crippen LogP contribution in [0.5, 0.6) is 0 Å². The number of rotatable bonds is 3. The Kier molecular flexibility index (Phi) is 4.16. The van der Waals surface area contributed by atoms with Gasteiger partial charge in [-0.25, -0.2) is 0 Å². The molecule has 0 aromatic heterocycles. The van der Waals surface area contributed by atoms with E-state index < -0.39 is 6.10 Å². The molecule has 1 aliphatic carbocycles. The van der Waals surface area contributed by atoms with Gasteiger partial charge in [-0.1, -0.05) is 13.3 Å². The van der Waals surface area contributed by atoms with Crippen molar-refractivity contribution in [2.75, 3.05) is 13.2 Å². The van der Waals surface area contributed by atoms with Crippen LogP contribution in [0.1, 0.15) is 26.2 Å². The van der Waals surface area contributed by atoms with Crippen LogP contribution in [0.25, 0.3) is 0 Å². The average molecular weight is 188 g/mol. The molecule has 1 saturated carbocycles. The fraction of sp³-hybridized carbons (Fsp3) is 1.00. The Bertz CT molecular complexity index is 135. The number of hydrogen-bond donors (Lipinski definition) is 3. The van der Waals surface area contributed by atoms with Gasteiger partial charge in [0.25, 0.3) is 0 Å². The van der Waals surface area contributed by atoms with Gasteiger partial charge in [-0.2, -0.15) is 0 Å². The van der Waals surface area contributed by atoms with Crippen molar-refractivity contribution in [3.8, 4) is 0 Å². The van der Waals surface area contributed by atoms with Crippen LogP contribution in [0.15, 0.2) is 0 Å². The highest BCUT2D eigenvalue weighted by Gasteiger charge is 2.35. The van der Waals surface area contributed by atoms with E-state index in [0.717, 1.165) is 19.3 Å². The highest BCUT2D eigenvalue weighted by Crippen LogP contribution is 2.34. The summed E-state index contributed by atoms with van der Waals surface area (Å²) in [7, 11) is 0. The minimum Gasteiger partial charge on any atom is -0.396 e. The van der Waals surface area contributed by atoms with Crippen LogP contribution < -0.4 is 0 Å². The Morgan fingerprint density at radius 2 is 1.54 bits per heavy atom. The smallest absolute Gasteiger partial charge is 0.0640 e. The first-order chi connectivity index (χ1) is 6.22. The Morgan fingerprint density at radius 1 is 1.08 bits per heavy atom. The van der Waals surface area contributed by atoms with Gasteiger partial charge in [0.05, 0.1) is 6.10 Å². The first-order valence-corrected chi connectivity index (χ1v) is 5.12. The summed E-state index contributed by atoms with van der Waals surface area (Å²) in [6.45, 7) is 2.19. The molecule has 0 spiro atoms. The zero-order chi connectivity index (χ0) is 9.84. The van der Waals surface area contributed by atoms with E-state index in [2.05, 4.69) is 6.92 Å². The molecule has 3 nitrogen and oxygen atoms in total. The van der Waals surface area contributed by atoms with Crippen molar-refractivity contribution in [1.82, 2.24) is 0 Å². The minimum atomic E-state index is -0.516. The van der Waals surface area contributed by atoms with Crippen LogP contribution in [0.4, 0.5) is 0 Å². The van der Waals surface area contributed by atoms with Crippen molar-refractivity contribution in [3.63, 3.8) is 0 Å². The standard InChI is InChI=1S/C10H20O3/c1-2-7-3-8(5-11)10(13)9(4-7)6-12/h7-13H,2-6H2,1H3. The summed E-state index contributed by atoms with van der Waals surface area (Å²) in [6, 6.07) is 0. The van der Waals surface area contributed by atoms with E-state index in [1.807, 2.05) is 0 Å². The van der Waals surface area contributed by atoms with E-state index in [1.54, 1.807) is 0 Å². The molecule has 78 valence electrons. The first kappa shape index (κ1) is 11.0. The highest BCUT2D eigenvalue weighted by molar-refractivity contribution is 4.85. The van der Waals surface area contributed by atoms with Crippen LogP contribution in [0.2, 0.25) is 0 Å². The van der Waals surface area contributed by atoms with Gasteiger partial charge in [0.1, 0.15) is 0 Å². The monoisotopic (exact) mass is 188 g/mol. The molecule has 0 radical (unpaired) electrons. The maximum absolute atomic E-state index is 9.72. The third-order valence-corrected chi connectivity index (χ3v) is 3.28. The van der Waals surface area contributed by atoms with Crippen molar-refractivity contribution >= 4 is 0 Å². The fourth-order valence-corrected chi connectivity index (χ4v) is 2.31. The molecule has 1 rings (SSSR count). The predicted octanol–water partition coefficient (Wildman–Crippen LogP) is 0.384. The second kappa shape index (κ2) is 4.94. The largest absolute Gasteiger partial charge is 0.396 e. The highest BCUT2D eigenvalue weighted by atomic mass is 16.3. The van der Waals surface area contributed by atoms with Gasteiger partial charge in [-0.05, 0) is 18.8 Å². The first-order valence-electron chi connectivity index (χ1n) is 5.12. The zero-order valence-electron chi connectivity index (χ0n) is 8.19. The maximum atomic E-state index is 9.72. The van der Waals surface area contributed by atoms with E-state index in [1.165, 1.54) is 0 Å². The zero-order valence-corrected chi connectivity index (χ0v) is 8.19. The summed E-state index contributed by atoms with van der Waals surface area (Å²) in [4.78, 5) is 0. The van der Waals surface area contributed by atoms with Gasteiger partial charge in [-0.3, -0.25) is 0 Å². The van der Waals surface area contributed by atoms with E-state index in [9.17, 15) is 5.11 Å². The molecule has 1 fully saturated rings. The summed E-state index contributed by atoms with van der Waals surface area (Å²) in [5, 5.41) is 27.8. The van der Waals surface area contributed by atoms with Crippen molar-refractivity contribution in [2.45, 2.75) is 32.3 Å². The van der Waals surface area contributed by atoms with E-state index in [-0.39, 0.29) is 25.0 Å². The molecule has 3 N–H and O–H groups in total. The Hall–Kier alpha value is -0.120. The van der Waals surface area contributed by atoms with Crippen molar-refractivity contribution in [1.29, 1.82) is 0 Å². The van der Waals surface area contributed by atoms with Crippen LogP contribution >= 0.6 is 0 Å². The summed E-state index contributed by atoms with van der Waals surface area (Å²) in [6.07, 6.45) is 2.34. The third kappa shape index (κ3) is 2.42. The second-order valence-corrected chi connectivity index (χ2v) is 4.12. The summed E-state index contributed by atoms with van der Waals surface area (Å²) in [5.41, 5.74) is 0. The SMILES string of the molecule is CCC1CC(CO)C(O)C(CO)C1. The lowest BCUT2D eigenvalue weighted by Crippen LogP contribution is -2.40. The molecule has 0 bridgehead atoms. The topological polar surface area (TPSA) is 60.7 Å². The van der Waals surface area contributed by atoms with Gasteiger partial charge in [0.2, 0.25) is 0 Å². The predicted molar refractivity (Wildman–Crippen MR) is 50.2 cm³/mol. The lowest BCUT2D eigenvalue weighted by Gasteiger charge is -2.37. The van der Waals surface area contributed by atoms with Gasteiger partial charge in [-0.15, -0.1) is 0 Å². The molecular formula is C10H20O3. The van der Waals surface area contributed by atoms with Gasteiger partial charge in [0.15, 0.2) is 0 Å². The average Bonchev–Trinajstić information content (AvgIpc) is 2.18. The molecule has 2 atom stereocenters. The van der Waals surface area contributed by atoms with Gasteiger partial charge in [0, 0.05) is 25.0 Å². The molecule has 0 aromatic rings. The lowest BCUT2D eigenvalue weighted by molar-refractivity contribution is -0.0444.